The zero-order valence-corrected chi connectivity index (χ0v) is 22.8. The lowest BCUT2D eigenvalue weighted by molar-refractivity contribution is -0.117. The Morgan fingerprint density at radius 1 is 1.00 bits per heavy atom. The summed E-state index contributed by atoms with van der Waals surface area (Å²) in [5.41, 5.74) is 4.43. The third-order valence-electron chi connectivity index (χ3n) is 5.54. The van der Waals surface area contributed by atoms with Crippen molar-refractivity contribution in [1.29, 1.82) is 0 Å². The molecule has 3 N–H and O–H groups in total. The second-order valence-corrected chi connectivity index (χ2v) is 10.0. The number of amides is 3. The molecule has 1 aliphatic rings. The molecule has 37 heavy (non-hydrogen) atoms. The van der Waals surface area contributed by atoms with Crippen LogP contribution in [0, 0.1) is 0 Å². The molecule has 194 valence electrons. The lowest BCUT2D eigenvalue weighted by atomic mass is 10.00. The van der Waals surface area contributed by atoms with Crippen LogP contribution in [0.15, 0.2) is 77.8 Å². The SMILES string of the molecule is CC.CC(C)(C)NC(=O)Nc1ccc(C2=NC(CCc3ccccc3)C(=O)Nc3ccc(Cl)cc32)cc1. The maximum atomic E-state index is 13.0. The highest BCUT2D eigenvalue weighted by molar-refractivity contribution is 6.32. The number of halogens is 1. The van der Waals surface area contributed by atoms with E-state index >= 15 is 0 Å². The predicted molar refractivity (Wildman–Crippen MR) is 154 cm³/mol. The minimum absolute atomic E-state index is 0.142. The molecule has 3 aromatic rings. The monoisotopic (exact) mass is 518 g/mol. The van der Waals surface area contributed by atoms with Gasteiger partial charge in [-0.1, -0.05) is 67.9 Å². The number of carbonyl (C=O) groups is 2. The van der Waals surface area contributed by atoms with Crippen molar-refractivity contribution < 1.29 is 9.59 Å². The molecular weight excluding hydrogens is 484 g/mol. The maximum Gasteiger partial charge on any atom is 0.319 e. The van der Waals surface area contributed by atoms with Gasteiger partial charge in [0.2, 0.25) is 5.91 Å². The Kier molecular flexibility index (Phi) is 9.48. The lowest BCUT2D eigenvalue weighted by Crippen LogP contribution is -2.43. The lowest BCUT2D eigenvalue weighted by Gasteiger charge is -2.20. The number of aliphatic imine (C=N–C) groups is 1. The Morgan fingerprint density at radius 2 is 1.68 bits per heavy atom. The molecule has 6 nitrogen and oxygen atoms in total. The van der Waals surface area contributed by atoms with E-state index in [-0.39, 0.29) is 17.5 Å². The van der Waals surface area contributed by atoms with E-state index < -0.39 is 6.04 Å². The van der Waals surface area contributed by atoms with Crippen LogP contribution in [0.5, 0.6) is 0 Å². The molecule has 0 saturated heterocycles. The Labute approximate surface area is 224 Å². The van der Waals surface area contributed by atoms with Crippen LogP contribution in [0.2, 0.25) is 5.02 Å². The quantitative estimate of drug-likeness (QED) is 0.337. The summed E-state index contributed by atoms with van der Waals surface area (Å²) in [5.74, 6) is -0.142. The van der Waals surface area contributed by atoms with Gasteiger partial charge in [-0.2, -0.15) is 0 Å². The molecule has 3 amide bonds. The van der Waals surface area contributed by atoms with Crippen molar-refractivity contribution in [1.82, 2.24) is 5.32 Å². The summed E-state index contributed by atoms with van der Waals surface area (Å²) in [6.45, 7) is 9.77. The molecule has 1 atom stereocenters. The number of aryl methyl sites for hydroxylation is 1. The summed E-state index contributed by atoms with van der Waals surface area (Å²) in [6.07, 6.45) is 1.31. The minimum atomic E-state index is -0.549. The van der Waals surface area contributed by atoms with Crippen LogP contribution in [0.1, 0.15) is 57.7 Å². The van der Waals surface area contributed by atoms with Gasteiger partial charge >= 0.3 is 6.03 Å². The fraction of sp³-hybridized carbons (Fsp3) is 0.300. The molecule has 0 saturated carbocycles. The van der Waals surface area contributed by atoms with Crippen LogP contribution in [0.4, 0.5) is 16.2 Å². The standard InChI is InChI=1S/C28H29ClN4O2.C2H6/c1-28(2,3)33-27(35)30-21-13-10-19(11-14-21)25-22-17-20(29)12-16-23(22)32-26(34)24(31-25)15-9-18-7-5-4-6-8-18;1-2/h4-8,10-14,16-17,24H,9,15H2,1-3H3,(H,32,34)(H2,30,33,35);1-2H3. The predicted octanol–water partition coefficient (Wildman–Crippen LogP) is 7.08. The van der Waals surface area contributed by atoms with Gasteiger partial charge in [0.25, 0.3) is 0 Å². The van der Waals surface area contributed by atoms with Crippen molar-refractivity contribution >= 4 is 40.6 Å². The Balaban J connectivity index is 0.00000186. The Bertz CT molecular complexity index is 1250. The minimum Gasteiger partial charge on any atom is -0.333 e. The number of benzene rings is 3. The molecule has 0 aliphatic carbocycles. The second kappa shape index (κ2) is 12.5. The van der Waals surface area contributed by atoms with Gasteiger partial charge in [-0.05, 0) is 69.5 Å². The van der Waals surface area contributed by atoms with Crippen molar-refractivity contribution in [3.8, 4) is 0 Å². The van der Waals surface area contributed by atoms with E-state index in [1.54, 1.807) is 12.1 Å². The number of nitrogens with zero attached hydrogens (tertiary/aromatic N) is 1. The number of rotatable bonds is 5. The van der Waals surface area contributed by atoms with Crippen molar-refractivity contribution in [2.24, 2.45) is 4.99 Å². The number of benzodiazepines with no additional fused rings is 1. The Hall–Kier alpha value is -3.64. The van der Waals surface area contributed by atoms with Gasteiger partial charge in [0.05, 0.1) is 11.4 Å². The van der Waals surface area contributed by atoms with Crippen LogP contribution in [-0.4, -0.2) is 29.2 Å². The van der Waals surface area contributed by atoms with E-state index in [0.717, 1.165) is 23.1 Å². The fourth-order valence-corrected chi connectivity index (χ4v) is 4.08. The summed E-state index contributed by atoms with van der Waals surface area (Å²) < 4.78 is 0. The maximum absolute atomic E-state index is 13.0. The number of anilines is 2. The summed E-state index contributed by atoms with van der Waals surface area (Å²) >= 11 is 6.31. The van der Waals surface area contributed by atoms with Gasteiger partial charge in [-0.25, -0.2) is 4.79 Å². The topological polar surface area (TPSA) is 82.6 Å². The van der Waals surface area contributed by atoms with Crippen molar-refractivity contribution in [3.05, 3.63) is 94.5 Å². The highest BCUT2D eigenvalue weighted by Gasteiger charge is 2.26. The van der Waals surface area contributed by atoms with Gasteiger partial charge in [0, 0.05) is 27.4 Å². The molecule has 0 spiro atoms. The third-order valence-corrected chi connectivity index (χ3v) is 5.77. The molecule has 0 aromatic heterocycles. The largest absolute Gasteiger partial charge is 0.333 e. The van der Waals surface area contributed by atoms with E-state index in [2.05, 4.69) is 28.1 Å². The zero-order valence-electron chi connectivity index (χ0n) is 22.1. The van der Waals surface area contributed by atoms with Crippen LogP contribution in [0.3, 0.4) is 0 Å². The number of nitrogens with one attached hydrogen (secondary N) is 3. The van der Waals surface area contributed by atoms with E-state index in [4.69, 9.17) is 16.6 Å². The first-order valence-corrected chi connectivity index (χ1v) is 13.0. The molecule has 1 heterocycles. The van der Waals surface area contributed by atoms with Crippen LogP contribution >= 0.6 is 11.6 Å². The Morgan fingerprint density at radius 3 is 2.32 bits per heavy atom. The molecule has 4 rings (SSSR count). The van der Waals surface area contributed by atoms with Crippen LogP contribution < -0.4 is 16.0 Å². The summed E-state index contributed by atoms with van der Waals surface area (Å²) in [7, 11) is 0. The van der Waals surface area contributed by atoms with E-state index in [9.17, 15) is 9.59 Å². The van der Waals surface area contributed by atoms with Crippen molar-refractivity contribution in [3.63, 3.8) is 0 Å². The first-order valence-electron chi connectivity index (χ1n) is 12.6. The van der Waals surface area contributed by atoms with Gasteiger partial charge in [0.15, 0.2) is 0 Å². The average molecular weight is 519 g/mol. The molecule has 3 aromatic carbocycles. The van der Waals surface area contributed by atoms with Gasteiger partial charge < -0.3 is 16.0 Å². The van der Waals surface area contributed by atoms with E-state index in [0.29, 0.717) is 28.5 Å². The van der Waals surface area contributed by atoms with Gasteiger partial charge in [-0.15, -0.1) is 0 Å². The number of hydrogen-bond donors (Lipinski definition) is 3. The fourth-order valence-electron chi connectivity index (χ4n) is 3.91. The van der Waals surface area contributed by atoms with Gasteiger partial charge in [0.1, 0.15) is 6.04 Å². The molecule has 1 aliphatic heterocycles. The van der Waals surface area contributed by atoms with E-state index in [1.165, 1.54) is 0 Å². The molecule has 0 bridgehead atoms. The first-order chi connectivity index (χ1) is 17.7. The number of fused-ring (bicyclic) bond motifs is 1. The third kappa shape index (κ3) is 7.92. The first kappa shape index (κ1) is 27.9. The molecule has 0 radical (unpaired) electrons. The second-order valence-electron chi connectivity index (χ2n) is 9.60. The van der Waals surface area contributed by atoms with Crippen LogP contribution in [-0.2, 0) is 11.2 Å². The number of hydrogen-bond acceptors (Lipinski definition) is 3. The zero-order chi connectivity index (χ0) is 27.0. The molecule has 1 unspecified atom stereocenters. The van der Waals surface area contributed by atoms with E-state index in [1.807, 2.05) is 83.1 Å². The van der Waals surface area contributed by atoms with Crippen LogP contribution in [0.25, 0.3) is 0 Å². The summed E-state index contributed by atoms with van der Waals surface area (Å²) in [4.78, 5) is 30.2. The highest BCUT2D eigenvalue weighted by atomic mass is 35.5. The van der Waals surface area contributed by atoms with Crippen molar-refractivity contribution in [2.45, 2.75) is 59.0 Å². The summed E-state index contributed by atoms with van der Waals surface area (Å²) in [5, 5.41) is 9.30. The molecule has 7 heteroatoms. The summed E-state index contributed by atoms with van der Waals surface area (Å²) in [6, 6.07) is 22.0. The molecule has 0 fully saturated rings. The number of carbonyl (C=O) groups excluding carboxylic acids is 2. The van der Waals surface area contributed by atoms with Gasteiger partial charge in [-0.3, -0.25) is 9.79 Å². The average Bonchev–Trinajstić information content (AvgIpc) is 3.00. The smallest absolute Gasteiger partial charge is 0.319 e. The highest BCUT2D eigenvalue weighted by Crippen LogP contribution is 2.28. The molecular formula is C30H35ClN4O2. The number of urea groups is 1. The van der Waals surface area contributed by atoms with Crippen molar-refractivity contribution in [2.75, 3.05) is 10.6 Å². The normalized spacial score (nSPS) is 14.7.